The van der Waals surface area contributed by atoms with Crippen LogP contribution < -0.4 is 0 Å². The summed E-state index contributed by atoms with van der Waals surface area (Å²) in [6.07, 6.45) is 18.8. The van der Waals surface area contributed by atoms with E-state index in [0.29, 0.717) is 17.6 Å². The molecule has 126 valence electrons. The lowest BCUT2D eigenvalue weighted by atomic mass is 9.67. The Hall–Kier alpha value is -0.330. The minimum atomic E-state index is 0.424. The first-order valence-corrected chi connectivity index (χ1v) is 10.3. The summed E-state index contributed by atoms with van der Waals surface area (Å²) in [4.78, 5) is 13.1. The van der Waals surface area contributed by atoms with Crippen molar-refractivity contribution >= 4 is 5.78 Å². The molecular formula is C21H36O. The van der Waals surface area contributed by atoms with Gasteiger partial charge in [-0.3, -0.25) is 4.79 Å². The van der Waals surface area contributed by atoms with Gasteiger partial charge in [0.2, 0.25) is 0 Å². The maximum atomic E-state index is 13.1. The number of rotatable bonds is 4. The molecule has 0 heterocycles. The van der Waals surface area contributed by atoms with Crippen LogP contribution in [-0.4, -0.2) is 5.78 Å². The van der Waals surface area contributed by atoms with Crippen molar-refractivity contribution in [1.29, 1.82) is 0 Å². The van der Waals surface area contributed by atoms with Gasteiger partial charge < -0.3 is 0 Å². The van der Waals surface area contributed by atoms with E-state index in [1.54, 1.807) is 0 Å². The van der Waals surface area contributed by atoms with E-state index in [9.17, 15) is 4.79 Å². The second kappa shape index (κ2) is 7.97. The number of carbonyl (C=O) groups is 1. The lowest BCUT2D eigenvalue weighted by Gasteiger charge is -2.37. The van der Waals surface area contributed by atoms with Gasteiger partial charge in [0.05, 0.1) is 0 Å². The molecule has 3 saturated carbocycles. The Labute approximate surface area is 137 Å². The molecule has 1 heteroatoms. The average Bonchev–Trinajstić information content (AvgIpc) is 2.56. The lowest BCUT2D eigenvalue weighted by molar-refractivity contribution is -0.131. The molecule has 0 aromatic rings. The van der Waals surface area contributed by atoms with Gasteiger partial charge in [-0.15, -0.1) is 0 Å². The van der Waals surface area contributed by atoms with Crippen molar-refractivity contribution in [2.75, 3.05) is 0 Å². The minimum Gasteiger partial charge on any atom is -0.299 e. The fourth-order valence-corrected chi connectivity index (χ4v) is 5.56. The Morgan fingerprint density at radius 3 is 2.14 bits per heavy atom. The number of carbonyl (C=O) groups excluding carboxylic acids is 1. The van der Waals surface area contributed by atoms with Crippen LogP contribution >= 0.6 is 0 Å². The van der Waals surface area contributed by atoms with E-state index in [1.807, 2.05) is 0 Å². The first-order valence-electron chi connectivity index (χ1n) is 10.3. The van der Waals surface area contributed by atoms with E-state index in [0.717, 1.165) is 17.8 Å². The second-order valence-electron chi connectivity index (χ2n) is 8.75. The predicted molar refractivity (Wildman–Crippen MR) is 92.8 cm³/mol. The van der Waals surface area contributed by atoms with Gasteiger partial charge in [0.25, 0.3) is 0 Å². The molecule has 0 unspecified atom stereocenters. The Kier molecular flexibility index (Phi) is 5.99. The molecule has 0 N–H and O–H groups in total. The lowest BCUT2D eigenvalue weighted by Crippen LogP contribution is -2.34. The zero-order chi connectivity index (χ0) is 15.4. The molecule has 3 rings (SSSR count). The van der Waals surface area contributed by atoms with E-state index in [1.165, 1.54) is 89.9 Å². The van der Waals surface area contributed by atoms with Crippen LogP contribution in [0.5, 0.6) is 0 Å². The molecule has 0 aromatic heterocycles. The molecule has 0 bridgehead atoms. The van der Waals surface area contributed by atoms with Crippen LogP contribution in [0.1, 0.15) is 96.8 Å². The smallest absolute Gasteiger partial charge is 0.139 e. The highest BCUT2D eigenvalue weighted by Crippen LogP contribution is 2.41. The fraction of sp³-hybridized carbons (Fsp3) is 0.952. The van der Waals surface area contributed by atoms with Crippen molar-refractivity contribution in [3.05, 3.63) is 0 Å². The molecule has 0 spiro atoms. The molecule has 0 radical (unpaired) electrons. The normalized spacial score (nSPS) is 37.9. The van der Waals surface area contributed by atoms with Gasteiger partial charge in [0, 0.05) is 11.8 Å². The molecular weight excluding hydrogens is 268 g/mol. The fourth-order valence-electron chi connectivity index (χ4n) is 5.56. The summed E-state index contributed by atoms with van der Waals surface area (Å²) in [5.74, 6) is 4.09. The van der Waals surface area contributed by atoms with Crippen molar-refractivity contribution in [3.8, 4) is 0 Å². The zero-order valence-electron chi connectivity index (χ0n) is 14.7. The van der Waals surface area contributed by atoms with Gasteiger partial charge >= 0.3 is 0 Å². The number of ketones is 1. The van der Waals surface area contributed by atoms with E-state index < -0.39 is 0 Å². The van der Waals surface area contributed by atoms with Gasteiger partial charge in [-0.25, -0.2) is 0 Å². The molecule has 3 aliphatic rings. The highest BCUT2D eigenvalue weighted by Gasteiger charge is 2.36. The Bertz CT molecular complexity index is 347. The molecule has 1 nitrogen and oxygen atoms in total. The summed E-state index contributed by atoms with van der Waals surface area (Å²) in [6.45, 7) is 2.35. The largest absolute Gasteiger partial charge is 0.299 e. The minimum absolute atomic E-state index is 0.424. The third-order valence-corrected chi connectivity index (χ3v) is 7.05. The van der Waals surface area contributed by atoms with Gasteiger partial charge in [-0.2, -0.15) is 0 Å². The first kappa shape index (κ1) is 16.5. The van der Waals surface area contributed by atoms with Crippen LogP contribution in [-0.2, 0) is 4.79 Å². The van der Waals surface area contributed by atoms with Crippen molar-refractivity contribution < 1.29 is 4.79 Å². The van der Waals surface area contributed by atoms with Crippen LogP contribution in [0.3, 0.4) is 0 Å². The van der Waals surface area contributed by atoms with Crippen molar-refractivity contribution in [1.82, 2.24) is 0 Å². The summed E-state index contributed by atoms with van der Waals surface area (Å²) in [5.41, 5.74) is 0. The Morgan fingerprint density at radius 2 is 1.41 bits per heavy atom. The van der Waals surface area contributed by atoms with Gasteiger partial charge in [-0.05, 0) is 49.9 Å². The molecule has 3 fully saturated rings. The predicted octanol–water partition coefficient (Wildman–Crippen LogP) is 6.16. The van der Waals surface area contributed by atoms with E-state index in [4.69, 9.17) is 0 Å². The quantitative estimate of drug-likeness (QED) is 0.608. The van der Waals surface area contributed by atoms with Gasteiger partial charge in [0.1, 0.15) is 5.78 Å². The molecule has 2 atom stereocenters. The van der Waals surface area contributed by atoms with Crippen molar-refractivity contribution in [2.45, 2.75) is 96.8 Å². The van der Waals surface area contributed by atoms with Gasteiger partial charge in [-0.1, -0.05) is 64.7 Å². The summed E-state index contributed by atoms with van der Waals surface area (Å²) in [7, 11) is 0. The maximum Gasteiger partial charge on any atom is 0.139 e. The summed E-state index contributed by atoms with van der Waals surface area (Å²) >= 11 is 0. The molecule has 0 amide bonds. The average molecular weight is 305 g/mol. The highest BCUT2D eigenvalue weighted by atomic mass is 16.1. The standard InChI is InChI=1S/C21H36O/c1-16-11-13-18(14-12-16)21(22)20-10-6-5-9-19(20)15-17-7-3-2-4-8-17/h16-20H,2-15H2,1H3/t16?,18?,19-,20+/m1/s1. The number of Topliss-reactive ketones (excluding diaryl/α,β-unsaturated/α-hetero) is 1. The number of hydrogen-bond acceptors (Lipinski definition) is 1. The Morgan fingerprint density at radius 1 is 0.773 bits per heavy atom. The van der Waals surface area contributed by atoms with Crippen molar-refractivity contribution in [2.24, 2.45) is 29.6 Å². The topological polar surface area (TPSA) is 17.1 Å². The van der Waals surface area contributed by atoms with E-state index in [-0.39, 0.29) is 0 Å². The monoisotopic (exact) mass is 304 g/mol. The highest BCUT2D eigenvalue weighted by molar-refractivity contribution is 5.83. The molecule has 22 heavy (non-hydrogen) atoms. The van der Waals surface area contributed by atoms with Crippen LogP contribution in [0.2, 0.25) is 0 Å². The molecule has 0 aromatic carbocycles. The van der Waals surface area contributed by atoms with E-state index >= 15 is 0 Å². The summed E-state index contributed by atoms with van der Waals surface area (Å²) in [5, 5.41) is 0. The zero-order valence-corrected chi connectivity index (χ0v) is 14.7. The molecule has 0 saturated heterocycles. The van der Waals surface area contributed by atoms with Crippen LogP contribution in [0.4, 0.5) is 0 Å². The third kappa shape index (κ3) is 4.15. The van der Waals surface area contributed by atoms with E-state index in [2.05, 4.69) is 6.92 Å². The third-order valence-electron chi connectivity index (χ3n) is 7.05. The molecule has 3 aliphatic carbocycles. The van der Waals surface area contributed by atoms with Crippen molar-refractivity contribution in [3.63, 3.8) is 0 Å². The van der Waals surface area contributed by atoms with Crippen LogP contribution in [0.25, 0.3) is 0 Å². The van der Waals surface area contributed by atoms with Crippen LogP contribution in [0, 0.1) is 29.6 Å². The summed E-state index contributed by atoms with van der Waals surface area (Å²) in [6, 6.07) is 0. The second-order valence-corrected chi connectivity index (χ2v) is 8.75. The Balaban J connectivity index is 1.57. The SMILES string of the molecule is CC1CCC(C(=O)[C@H]2CCCC[C@@H]2CC2CCCCC2)CC1. The maximum absolute atomic E-state index is 13.1. The first-order chi connectivity index (χ1) is 10.7. The number of hydrogen-bond donors (Lipinski definition) is 0. The summed E-state index contributed by atoms with van der Waals surface area (Å²) < 4.78 is 0. The molecule has 0 aliphatic heterocycles. The van der Waals surface area contributed by atoms with Gasteiger partial charge in [0.15, 0.2) is 0 Å². The van der Waals surface area contributed by atoms with Crippen LogP contribution in [0.15, 0.2) is 0 Å².